The average Bonchev–Trinajstić information content (AvgIpc) is 2.82. The molecule has 0 N–H and O–H groups in total. The van der Waals surface area contributed by atoms with Crippen molar-refractivity contribution in [3.8, 4) is 11.4 Å². The van der Waals surface area contributed by atoms with E-state index in [1.165, 1.54) is 12.2 Å². The van der Waals surface area contributed by atoms with Gasteiger partial charge in [0.25, 0.3) is 5.91 Å². The van der Waals surface area contributed by atoms with Gasteiger partial charge in [0.1, 0.15) is 17.9 Å². The lowest BCUT2D eigenvalue weighted by Crippen LogP contribution is -2.31. The minimum atomic E-state index is -0.159. The number of imidazole rings is 1. The van der Waals surface area contributed by atoms with Gasteiger partial charge < -0.3 is 0 Å². The van der Waals surface area contributed by atoms with Gasteiger partial charge in [0.15, 0.2) is 5.65 Å². The van der Waals surface area contributed by atoms with Gasteiger partial charge in [-0.05, 0) is 24.3 Å². The number of aromatic nitrogens is 3. The van der Waals surface area contributed by atoms with Crippen molar-refractivity contribution in [3.05, 3.63) is 42.6 Å². The van der Waals surface area contributed by atoms with Gasteiger partial charge in [-0.15, -0.1) is 0 Å². The number of hydroxylamine groups is 1. The zero-order chi connectivity index (χ0) is 14.4. The maximum Gasteiger partial charge on any atom is 0.270 e. The molecular weight excluding hydrogens is 268 g/mol. The van der Waals surface area contributed by atoms with Crippen molar-refractivity contribution in [2.24, 2.45) is 0 Å². The predicted molar refractivity (Wildman–Crippen MR) is 77.5 cm³/mol. The van der Waals surface area contributed by atoms with Gasteiger partial charge in [-0.2, -0.15) is 5.06 Å². The SMILES string of the molecule is CON1C(=O)Cn2c(nc3cccnc32)-c2ccccc21. The highest BCUT2D eigenvalue weighted by Gasteiger charge is 2.28. The zero-order valence-electron chi connectivity index (χ0n) is 11.4. The van der Waals surface area contributed by atoms with E-state index in [9.17, 15) is 4.79 Å². The summed E-state index contributed by atoms with van der Waals surface area (Å²) < 4.78 is 1.83. The largest absolute Gasteiger partial charge is 0.299 e. The smallest absolute Gasteiger partial charge is 0.270 e. The Balaban J connectivity index is 2.08. The molecule has 6 heteroatoms. The van der Waals surface area contributed by atoms with Gasteiger partial charge in [0, 0.05) is 11.8 Å². The van der Waals surface area contributed by atoms with Gasteiger partial charge in [0.05, 0.1) is 12.8 Å². The molecule has 104 valence electrons. The van der Waals surface area contributed by atoms with E-state index < -0.39 is 0 Å². The van der Waals surface area contributed by atoms with Crippen molar-refractivity contribution in [2.75, 3.05) is 12.2 Å². The molecule has 0 atom stereocenters. The van der Waals surface area contributed by atoms with Crippen LogP contribution in [0.1, 0.15) is 0 Å². The lowest BCUT2D eigenvalue weighted by atomic mass is 10.1. The van der Waals surface area contributed by atoms with Crippen LogP contribution in [0, 0.1) is 0 Å². The molecule has 0 radical (unpaired) electrons. The summed E-state index contributed by atoms with van der Waals surface area (Å²) in [5.41, 5.74) is 3.02. The zero-order valence-corrected chi connectivity index (χ0v) is 11.4. The maximum absolute atomic E-state index is 12.4. The van der Waals surface area contributed by atoms with Gasteiger partial charge >= 0.3 is 0 Å². The molecule has 1 amide bonds. The molecule has 4 rings (SSSR count). The van der Waals surface area contributed by atoms with E-state index in [1.54, 1.807) is 6.20 Å². The average molecular weight is 280 g/mol. The Kier molecular flexibility index (Phi) is 2.52. The fraction of sp³-hybridized carbons (Fsp3) is 0.133. The van der Waals surface area contributed by atoms with Crippen LogP contribution in [0.25, 0.3) is 22.6 Å². The van der Waals surface area contributed by atoms with E-state index in [0.29, 0.717) is 11.3 Å². The summed E-state index contributed by atoms with van der Waals surface area (Å²) >= 11 is 0. The number of carbonyl (C=O) groups excluding carboxylic acids is 1. The van der Waals surface area contributed by atoms with Crippen LogP contribution in [0.15, 0.2) is 42.6 Å². The second-order valence-corrected chi connectivity index (χ2v) is 4.76. The molecule has 3 heterocycles. The van der Waals surface area contributed by atoms with E-state index in [-0.39, 0.29) is 12.5 Å². The Morgan fingerprint density at radius 1 is 1.19 bits per heavy atom. The van der Waals surface area contributed by atoms with Gasteiger partial charge in [-0.1, -0.05) is 12.1 Å². The summed E-state index contributed by atoms with van der Waals surface area (Å²) in [7, 11) is 1.49. The first-order valence-corrected chi connectivity index (χ1v) is 6.57. The predicted octanol–water partition coefficient (Wildman–Crippen LogP) is 2.01. The number of fused-ring (bicyclic) bond motifs is 5. The summed E-state index contributed by atoms with van der Waals surface area (Å²) in [4.78, 5) is 26.6. The Morgan fingerprint density at radius 3 is 2.90 bits per heavy atom. The molecule has 0 aliphatic carbocycles. The number of nitrogens with zero attached hydrogens (tertiary/aromatic N) is 4. The molecule has 1 aromatic carbocycles. The number of benzene rings is 1. The van der Waals surface area contributed by atoms with E-state index in [1.807, 2.05) is 41.0 Å². The highest BCUT2D eigenvalue weighted by atomic mass is 16.7. The van der Waals surface area contributed by atoms with E-state index >= 15 is 0 Å². The summed E-state index contributed by atoms with van der Waals surface area (Å²) in [5, 5.41) is 1.30. The van der Waals surface area contributed by atoms with E-state index in [4.69, 9.17) is 4.84 Å². The number of para-hydroxylation sites is 1. The first kappa shape index (κ1) is 12.0. The van der Waals surface area contributed by atoms with Crippen LogP contribution in [0.4, 0.5) is 5.69 Å². The summed E-state index contributed by atoms with van der Waals surface area (Å²) in [5.74, 6) is 0.570. The van der Waals surface area contributed by atoms with E-state index in [0.717, 1.165) is 16.9 Å². The number of amides is 1. The second-order valence-electron chi connectivity index (χ2n) is 4.76. The minimum Gasteiger partial charge on any atom is -0.299 e. The third-order valence-electron chi connectivity index (χ3n) is 3.57. The van der Waals surface area contributed by atoms with Crippen LogP contribution in [0.5, 0.6) is 0 Å². The number of anilines is 1. The normalized spacial score (nSPS) is 14.0. The number of rotatable bonds is 1. The molecule has 6 nitrogen and oxygen atoms in total. The molecule has 0 bridgehead atoms. The van der Waals surface area contributed by atoms with Gasteiger partial charge in [0.2, 0.25) is 0 Å². The fourth-order valence-corrected chi connectivity index (χ4v) is 2.69. The van der Waals surface area contributed by atoms with Crippen molar-refractivity contribution in [2.45, 2.75) is 6.54 Å². The van der Waals surface area contributed by atoms with Crippen molar-refractivity contribution < 1.29 is 9.63 Å². The van der Waals surface area contributed by atoms with Crippen LogP contribution in [-0.2, 0) is 16.2 Å². The van der Waals surface area contributed by atoms with Crippen molar-refractivity contribution >= 4 is 22.8 Å². The summed E-state index contributed by atoms with van der Waals surface area (Å²) in [6, 6.07) is 11.3. The Hall–Kier alpha value is -2.73. The van der Waals surface area contributed by atoms with Gasteiger partial charge in [-0.25, -0.2) is 9.97 Å². The molecule has 1 aliphatic heterocycles. The molecular formula is C15H12N4O2. The molecule has 0 saturated carbocycles. The molecule has 0 spiro atoms. The standard InChI is InChI=1S/C15H12N4O2/c1-21-19-12-7-3-2-5-10(12)14-17-11-6-4-8-16-15(11)18(14)9-13(19)20/h2-8H,9H2,1H3. The van der Waals surface area contributed by atoms with Crippen molar-refractivity contribution in [1.82, 2.24) is 14.5 Å². The molecule has 3 aromatic rings. The molecule has 21 heavy (non-hydrogen) atoms. The first-order chi connectivity index (χ1) is 10.3. The molecule has 0 saturated heterocycles. The highest BCUT2D eigenvalue weighted by molar-refractivity contribution is 5.99. The van der Waals surface area contributed by atoms with Crippen molar-refractivity contribution in [1.29, 1.82) is 0 Å². The quantitative estimate of drug-likeness (QED) is 0.684. The monoisotopic (exact) mass is 280 g/mol. The lowest BCUT2D eigenvalue weighted by molar-refractivity contribution is -0.125. The maximum atomic E-state index is 12.4. The first-order valence-electron chi connectivity index (χ1n) is 6.57. The number of hydrogen-bond acceptors (Lipinski definition) is 4. The molecule has 0 fully saturated rings. The third kappa shape index (κ3) is 1.66. The van der Waals surface area contributed by atoms with Crippen LogP contribution in [0.3, 0.4) is 0 Å². The van der Waals surface area contributed by atoms with Crippen LogP contribution < -0.4 is 5.06 Å². The minimum absolute atomic E-state index is 0.144. The topological polar surface area (TPSA) is 60.2 Å². The molecule has 1 aliphatic rings. The molecule has 2 aromatic heterocycles. The van der Waals surface area contributed by atoms with Crippen LogP contribution in [-0.4, -0.2) is 27.6 Å². The van der Waals surface area contributed by atoms with E-state index in [2.05, 4.69) is 9.97 Å². The molecule has 0 unspecified atom stereocenters. The summed E-state index contributed by atoms with van der Waals surface area (Å²) in [6.07, 6.45) is 1.70. The third-order valence-corrected chi connectivity index (χ3v) is 3.57. The van der Waals surface area contributed by atoms with Crippen LogP contribution >= 0.6 is 0 Å². The Morgan fingerprint density at radius 2 is 2.05 bits per heavy atom. The van der Waals surface area contributed by atoms with Gasteiger partial charge in [-0.3, -0.25) is 14.2 Å². The number of hydrogen-bond donors (Lipinski definition) is 0. The Bertz CT molecular complexity index is 856. The Labute approximate surface area is 120 Å². The van der Waals surface area contributed by atoms with Crippen LogP contribution in [0.2, 0.25) is 0 Å². The highest BCUT2D eigenvalue weighted by Crippen LogP contribution is 2.34. The fourth-order valence-electron chi connectivity index (χ4n) is 2.69. The number of pyridine rings is 1. The summed E-state index contributed by atoms with van der Waals surface area (Å²) in [6.45, 7) is 0.144. The number of carbonyl (C=O) groups is 1. The second kappa shape index (κ2) is 4.39. The lowest BCUT2D eigenvalue weighted by Gasteiger charge is -2.18. The van der Waals surface area contributed by atoms with Crippen molar-refractivity contribution in [3.63, 3.8) is 0 Å².